The third-order valence-electron chi connectivity index (χ3n) is 3.77. The molecule has 128 valence electrons. The van der Waals surface area contributed by atoms with Crippen molar-refractivity contribution in [3.05, 3.63) is 0 Å². The van der Waals surface area contributed by atoms with Gasteiger partial charge in [0.15, 0.2) is 5.96 Å². The van der Waals surface area contributed by atoms with E-state index in [9.17, 15) is 4.79 Å². The highest BCUT2D eigenvalue weighted by atomic mass is 16.5. The molecule has 0 aliphatic carbocycles. The van der Waals surface area contributed by atoms with Crippen molar-refractivity contribution in [1.82, 2.24) is 15.1 Å². The lowest BCUT2D eigenvalue weighted by molar-refractivity contribution is -0.127. The molecule has 0 aromatic heterocycles. The third-order valence-corrected chi connectivity index (χ3v) is 3.77. The number of rotatable bonds is 6. The van der Waals surface area contributed by atoms with Crippen LogP contribution in [0.5, 0.6) is 0 Å². The molecule has 6 heteroatoms. The number of carbonyl (C=O) groups excluding carboxylic acids is 1. The third kappa shape index (κ3) is 7.11. The fraction of sp³-hybridized carbons (Fsp3) is 0.875. The van der Waals surface area contributed by atoms with Crippen molar-refractivity contribution < 1.29 is 9.53 Å². The monoisotopic (exact) mass is 312 g/mol. The normalized spacial score (nSPS) is 16.7. The summed E-state index contributed by atoms with van der Waals surface area (Å²) in [7, 11) is 5.55. The maximum atomic E-state index is 11.8. The zero-order valence-electron chi connectivity index (χ0n) is 14.8. The molecule has 22 heavy (non-hydrogen) atoms. The molecule has 0 atom stereocenters. The highest BCUT2D eigenvalue weighted by Crippen LogP contribution is 2.15. The lowest BCUT2D eigenvalue weighted by Crippen LogP contribution is -2.44. The molecule has 6 nitrogen and oxygen atoms in total. The van der Waals surface area contributed by atoms with Gasteiger partial charge in [-0.15, -0.1) is 0 Å². The minimum atomic E-state index is 0.0170. The first-order valence-corrected chi connectivity index (χ1v) is 8.17. The first-order chi connectivity index (χ1) is 10.4. The number of amides is 1. The maximum Gasteiger partial charge on any atom is 0.243 e. The Bertz CT molecular complexity index is 363. The summed E-state index contributed by atoms with van der Waals surface area (Å²) in [5.41, 5.74) is 0. The van der Waals surface area contributed by atoms with Crippen LogP contribution in [-0.4, -0.2) is 75.7 Å². The van der Waals surface area contributed by atoms with Gasteiger partial charge in [0.25, 0.3) is 0 Å². The zero-order chi connectivity index (χ0) is 16.5. The van der Waals surface area contributed by atoms with Gasteiger partial charge < -0.3 is 19.9 Å². The number of aliphatic imine (C=N–C) groups is 1. The Morgan fingerprint density at radius 2 is 1.91 bits per heavy atom. The molecule has 1 rings (SSSR count). The van der Waals surface area contributed by atoms with Crippen LogP contribution in [0.25, 0.3) is 0 Å². The molecular formula is C16H32N4O2. The Hall–Kier alpha value is -1.30. The van der Waals surface area contributed by atoms with Crippen molar-refractivity contribution in [1.29, 1.82) is 0 Å². The largest absolute Gasteiger partial charge is 0.381 e. The van der Waals surface area contributed by atoms with E-state index >= 15 is 0 Å². The summed E-state index contributed by atoms with van der Waals surface area (Å²) in [6.45, 7) is 8.01. The molecule has 1 fully saturated rings. The number of carbonyl (C=O) groups is 1. The molecule has 0 bridgehead atoms. The van der Waals surface area contributed by atoms with Gasteiger partial charge in [-0.1, -0.05) is 13.8 Å². The van der Waals surface area contributed by atoms with E-state index in [1.165, 1.54) is 0 Å². The Kier molecular flexibility index (Phi) is 8.24. The quantitative estimate of drug-likeness (QED) is 0.588. The average Bonchev–Trinajstić information content (AvgIpc) is 2.47. The fourth-order valence-electron chi connectivity index (χ4n) is 2.29. The Labute approximate surface area is 134 Å². The standard InChI is InChI=1S/C16H32N4O2/c1-13(2)10-17-16(18-11-15(21)19(3)4)20(5)12-14-6-8-22-9-7-14/h13-14H,6-12H2,1-5H3,(H,17,18). The van der Waals surface area contributed by atoms with Crippen LogP contribution in [0.2, 0.25) is 0 Å². The molecule has 0 radical (unpaired) electrons. The minimum Gasteiger partial charge on any atom is -0.381 e. The summed E-state index contributed by atoms with van der Waals surface area (Å²) in [6, 6.07) is 0. The molecule has 0 unspecified atom stereocenters. The predicted octanol–water partition coefficient (Wildman–Crippen LogP) is 1.03. The summed E-state index contributed by atoms with van der Waals surface area (Å²) in [5.74, 6) is 2.00. The topological polar surface area (TPSA) is 57.2 Å². The summed E-state index contributed by atoms with van der Waals surface area (Å²) >= 11 is 0. The van der Waals surface area contributed by atoms with Gasteiger partial charge in [0.2, 0.25) is 5.91 Å². The molecule has 1 saturated heterocycles. The van der Waals surface area contributed by atoms with E-state index in [-0.39, 0.29) is 12.5 Å². The molecule has 1 heterocycles. The number of nitrogens with one attached hydrogen (secondary N) is 1. The lowest BCUT2D eigenvalue weighted by Gasteiger charge is -2.29. The van der Waals surface area contributed by atoms with Crippen LogP contribution in [0.15, 0.2) is 4.99 Å². The zero-order valence-corrected chi connectivity index (χ0v) is 14.8. The maximum absolute atomic E-state index is 11.8. The highest BCUT2D eigenvalue weighted by Gasteiger charge is 2.18. The van der Waals surface area contributed by atoms with Crippen LogP contribution in [-0.2, 0) is 9.53 Å². The number of nitrogens with zero attached hydrogens (tertiary/aromatic N) is 3. The number of guanidine groups is 1. The second-order valence-corrected chi connectivity index (χ2v) is 6.64. The second kappa shape index (κ2) is 9.66. The van der Waals surface area contributed by atoms with E-state index in [0.29, 0.717) is 11.8 Å². The van der Waals surface area contributed by atoms with Crippen LogP contribution in [0.1, 0.15) is 26.7 Å². The summed E-state index contributed by atoms with van der Waals surface area (Å²) < 4.78 is 5.41. The van der Waals surface area contributed by atoms with Crippen LogP contribution in [0.4, 0.5) is 0 Å². The van der Waals surface area contributed by atoms with E-state index in [2.05, 4.69) is 29.1 Å². The molecule has 0 aromatic rings. The molecule has 1 N–H and O–H groups in total. The lowest BCUT2D eigenvalue weighted by atomic mass is 10.00. The first-order valence-electron chi connectivity index (χ1n) is 8.17. The van der Waals surface area contributed by atoms with Crippen LogP contribution >= 0.6 is 0 Å². The Morgan fingerprint density at radius 3 is 2.45 bits per heavy atom. The van der Waals surface area contributed by atoms with Gasteiger partial charge in [-0.2, -0.15) is 0 Å². The Balaban J connectivity index is 2.61. The summed E-state index contributed by atoms with van der Waals surface area (Å²) in [4.78, 5) is 20.0. The minimum absolute atomic E-state index is 0.0170. The average molecular weight is 312 g/mol. The van der Waals surface area contributed by atoms with Crippen LogP contribution < -0.4 is 5.32 Å². The van der Waals surface area contributed by atoms with E-state index in [1.54, 1.807) is 19.0 Å². The SMILES string of the molecule is CC(C)CNC(=NCC(=O)N(C)C)N(C)CC1CCOCC1. The smallest absolute Gasteiger partial charge is 0.243 e. The van der Waals surface area contributed by atoms with Gasteiger partial charge in [0.1, 0.15) is 6.54 Å². The van der Waals surface area contributed by atoms with Gasteiger partial charge in [-0.3, -0.25) is 4.79 Å². The van der Waals surface area contributed by atoms with Crippen molar-refractivity contribution in [3.8, 4) is 0 Å². The molecule has 1 aliphatic heterocycles. The van der Waals surface area contributed by atoms with Gasteiger partial charge in [0, 0.05) is 47.4 Å². The fourth-order valence-corrected chi connectivity index (χ4v) is 2.29. The molecular weight excluding hydrogens is 280 g/mol. The molecule has 0 aromatic carbocycles. The van der Waals surface area contributed by atoms with Crippen LogP contribution in [0, 0.1) is 11.8 Å². The van der Waals surface area contributed by atoms with Crippen molar-refractivity contribution in [2.75, 3.05) is 54.0 Å². The number of likely N-dealkylation sites (N-methyl/N-ethyl adjacent to an activating group) is 1. The van der Waals surface area contributed by atoms with Crippen molar-refractivity contribution >= 4 is 11.9 Å². The first kappa shape index (κ1) is 18.7. The predicted molar refractivity (Wildman–Crippen MR) is 90.0 cm³/mol. The second-order valence-electron chi connectivity index (χ2n) is 6.64. The number of hydrogen-bond acceptors (Lipinski definition) is 3. The number of hydrogen-bond donors (Lipinski definition) is 1. The van der Waals surface area contributed by atoms with Gasteiger partial charge >= 0.3 is 0 Å². The molecule has 1 aliphatic rings. The highest BCUT2D eigenvalue weighted by molar-refractivity contribution is 5.84. The molecule has 0 saturated carbocycles. The van der Waals surface area contributed by atoms with E-state index in [0.717, 1.165) is 45.1 Å². The van der Waals surface area contributed by atoms with Gasteiger partial charge in [0.05, 0.1) is 0 Å². The number of ether oxygens (including phenoxy) is 1. The van der Waals surface area contributed by atoms with Gasteiger partial charge in [-0.25, -0.2) is 4.99 Å². The molecule has 0 spiro atoms. The van der Waals surface area contributed by atoms with Crippen molar-refractivity contribution in [2.24, 2.45) is 16.8 Å². The van der Waals surface area contributed by atoms with E-state index in [4.69, 9.17) is 4.74 Å². The summed E-state index contributed by atoms with van der Waals surface area (Å²) in [6.07, 6.45) is 2.19. The molecule has 1 amide bonds. The Morgan fingerprint density at radius 1 is 1.27 bits per heavy atom. The van der Waals surface area contributed by atoms with Crippen LogP contribution in [0.3, 0.4) is 0 Å². The van der Waals surface area contributed by atoms with E-state index in [1.807, 2.05) is 7.05 Å². The summed E-state index contributed by atoms with van der Waals surface area (Å²) in [5, 5.41) is 3.38. The van der Waals surface area contributed by atoms with E-state index < -0.39 is 0 Å². The van der Waals surface area contributed by atoms with Gasteiger partial charge in [-0.05, 0) is 24.7 Å². The van der Waals surface area contributed by atoms with Crippen molar-refractivity contribution in [2.45, 2.75) is 26.7 Å². The van der Waals surface area contributed by atoms with Crippen molar-refractivity contribution in [3.63, 3.8) is 0 Å².